The van der Waals surface area contributed by atoms with Crippen LogP contribution in [-0.4, -0.2) is 18.2 Å². The van der Waals surface area contributed by atoms with Crippen molar-refractivity contribution in [3.05, 3.63) is 35.4 Å². The summed E-state index contributed by atoms with van der Waals surface area (Å²) in [4.78, 5) is 21.6. The Morgan fingerprint density at radius 2 is 1.83 bits per heavy atom. The second-order valence-electron chi connectivity index (χ2n) is 3.72. The van der Waals surface area contributed by atoms with Crippen LogP contribution in [0.2, 0.25) is 0 Å². The molecule has 1 N–H and O–H groups in total. The van der Waals surface area contributed by atoms with E-state index >= 15 is 0 Å². The molecule has 0 radical (unpaired) electrons. The Balaban J connectivity index is 2.68. The number of alkyl halides is 3. The standard InChI is InChI=1S/C12H12F3NO2/c1-8(17)11(18)16-7-6-9-4-2-3-5-10(9)12(13,14)15/h2-5H,6-7H2,1H3,(H,16,18). The molecule has 1 amide bonds. The smallest absolute Gasteiger partial charge is 0.349 e. The highest BCUT2D eigenvalue weighted by atomic mass is 19.4. The molecule has 1 rings (SSSR count). The molecule has 98 valence electrons. The van der Waals surface area contributed by atoms with E-state index in [0.29, 0.717) is 0 Å². The van der Waals surface area contributed by atoms with Gasteiger partial charge in [0.1, 0.15) is 0 Å². The van der Waals surface area contributed by atoms with Gasteiger partial charge >= 0.3 is 6.18 Å². The summed E-state index contributed by atoms with van der Waals surface area (Å²) in [6.07, 6.45) is -4.39. The van der Waals surface area contributed by atoms with Crippen LogP contribution in [0.5, 0.6) is 0 Å². The number of carbonyl (C=O) groups excluding carboxylic acids is 2. The predicted molar refractivity (Wildman–Crippen MR) is 58.8 cm³/mol. The third-order valence-electron chi connectivity index (χ3n) is 2.32. The number of ketones is 1. The van der Waals surface area contributed by atoms with Crippen molar-refractivity contribution in [1.29, 1.82) is 0 Å². The van der Waals surface area contributed by atoms with Crippen molar-refractivity contribution in [2.45, 2.75) is 19.5 Å². The molecule has 0 atom stereocenters. The molecule has 1 aromatic carbocycles. The molecule has 0 aliphatic heterocycles. The van der Waals surface area contributed by atoms with Gasteiger partial charge in [-0.1, -0.05) is 18.2 Å². The molecule has 0 unspecified atom stereocenters. The van der Waals surface area contributed by atoms with E-state index < -0.39 is 23.4 Å². The fourth-order valence-electron chi connectivity index (χ4n) is 1.45. The normalized spacial score (nSPS) is 11.1. The van der Waals surface area contributed by atoms with Gasteiger partial charge < -0.3 is 5.32 Å². The summed E-state index contributed by atoms with van der Waals surface area (Å²) >= 11 is 0. The molecule has 6 heteroatoms. The molecular formula is C12H12F3NO2. The number of hydrogen-bond donors (Lipinski definition) is 1. The summed E-state index contributed by atoms with van der Waals surface area (Å²) < 4.78 is 37.9. The van der Waals surface area contributed by atoms with E-state index in [0.717, 1.165) is 13.0 Å². The van der Waals surface area contributed by atoms with Gasteiger partial charge in [-0.2, -0.15) is 13.2 Å². The van der Waals surface area contributed by atoms with Gasteiger partial charge in [-0.25, -0.2) is 0 Å². The van der Waals surface area contributed by atoms with E-state index in [1.165, 1.54) is 18.2 Å². The summed E-state index contributed by atoms with van der Waals surface area (Å²) in [6.45, 7) is 1.09. The zero-order chi connectivity index (χ0) is 13.8. The monoisotopic (exact) mass is 259 g/mol. The molecule has 0 saturated carbocycles. The van der Waals surface area contributed by atoms with Crippen LogP contribution in [0.1, 0.15) is 18.1 Å². The minimum absolute atomic E-state index is 0.00843. The highest BCUT2D eigenvalue weighted by molar-refractivity contribution is 6.35. The lowest BCUT2D eigenvalue weighted by atomic mass is 10.0. The number of rotatable bonds is 4. The Morgan fingerprint density at radius 3 is 2.39 bits per heavy atom. The summed E-state index contributed by atoms with van der Waals surface area (Å²) in [6, 6.07) is 5.14. The second kappa shape index (κ2) is 5.66. The van der Waals surface area contributed by atoms with Crippen LogP contribution in [0.15, 0.2) is 24.3 Å². The number of halogens is 3. The third-order valence-corrected chi connectivity index (χ3v) is 2.32. The zero-order valence-electron chi connectivity index (χ0n) is 9.67. The summed E-state index contributed by atoms with van der Waals surface area (Å²) in [5.41, 5.74) is -0.629. The molecule has 0 aromatic heterocycles. The van der Waals surface area contributed by atoms with Gasteiger partial charge in [0.05, 0.1) is 5.56 Å². The molecule has 0 aliphatic rings. The number of benzene rings is 1. The van der Waals surface area contributed by atoms with Crippen LogP contribution in [0.25, 0.3) is 0 Å². The number of amides is 1. The zero-order valence-corrected chi connectivity index (χ0v) is 9.67. The Hall–Kier alpha value is -1.85. The van der Waals surface area contributed by atoms with Gasteiger partial charge in [-0.15, -0.1) is 0 Å². The van der Waals surface area contributed by atoms with Gasteiger partial charge in [0, 0.05) is 13.5 Å². The maximum absolute atomic E-state index is 12.6. The molecule has 3 nitrogen and oxygen atoms in total. The molecule has 18 heavy (non-hydrogen) atoms. The van der Waals surface area contributed by atoms with Gasteiger partial charge in [0.25, 0.3) is 5.91 Å². The van der Waals surface area contributed by atoms with Crippen LogP contribution in [0.4, 0.5) is 13.2 Å². The van der Waals surface area contributed by atoms with E-state index in [4.69, 9.17) is 0 Å². The fourth-order valence-corrected chi connectivity index (χ4v) is 1.45. The first-order chi connectivity index (χ1) is 8.32. The SMILES string of the molecule is CC(=O)C(=O)NCCc1ccccc1C(F)(F)F. The van der Waals surface area contributed by atoms with E-state index in [-0.39, 0.29) is 18.5 Å². The predicted octanol–water partition coefficient (Wildman–Crippen LogP) is 1.95. The Bertz CT molecular complexity index is 455. The minimum atomic E-state index is -4.42. The van der Waals surface area contributed by atoms with Gasteiger partial charge in [0.2, 0.25) is 5.78 Å². The van der Waals surface area contributed by atoms with Gasteiger partial charge in [-0.05, 0) is 18.1 Å². The lowest BCUT2D eigenvalue weighted by Crippen LogP contribution is -2.31. The van der Waals surface area contributed by atoms with Crippen molar-refractivity contribution in [3.8, 4) is 0 Å². The third kappa shape index (κ3) is 3.87. The molecule has 0 aliphatic carbocycles. The first-order valence-electron chi connectivity index (χ1n) is 5.26. The highest BCUT2D eigenvalue weighted by Crippen LogP contribution is 2.31. The number of nitrogens with one attached hydrogen (secondary N) is 1. The lowest BCUT2D eigenvalue weighted by molar-refractivity contribution is -0.138. The highest BCUT2D eigenvalue weighted by Gasteiger charge is 2.32. The van der Waals surface area contributed by atoms with Crippen LogP contribution in [0, 0.1) is 0 Å². The Morgan fingerprint density at radius 1 is 1.22 bits per heavy atom. The Labute approximate surface area is 102 Å². The van der Waals surface area contributed by atoms with E-state index in [1.54, 1.807) is 0 Å². The first-order valence-corrected chi connectivity index (χ1v) is 5.26. The van der Waals surface area contributed by atoms with Crippen LogP contribution >= 0.6 is 0 Å². The van der Waals surface area contributed by atoms with Crippen molar-refractivity contribution in [3.63, 3.8) is 0 Å². The van der Waals surface area contributed by atoms with E-state index in [1.807, 2.05) is 0 Å². The first kappa shape index (κ1) is 14.2. The topological polar surface area (TPSA) is 46.2 Å². The van der Waals surface area contributed by atoms with Gasteiger partial charge in [-0.3, -0.25) is 9.59 Å². The number of hydrogen-bond acceptors (Lipinski definition) is 2. The summed E-state index contributed by atoms with van der Waals surface area (Å²) in [5, 5.41) is 2.25. The minimum Gasteiger partial charge on any atom is -0.349 e. The average Bonchev–Trinajstić information content (AvgIpc) is 2.28. The lowest BCUT2D eigenvalue weighted by Gasteiger charge is -2.12. The molecular weight excluding hydrogens is 247 g/mol. The fraction of sp³-hybridized carbons (Fsp3) is 0.333. The van der Waals surface area contributed by atoms with E-state index in [2.05, 4.69) is 5.32 Å². The van der Waals surface area contributed by atoms with Crippen LogP contribution in [0.3, 0.4) is 0 Å². The van der Waals surface area contributed by atoms with Gasteiger partial charge in [0.15, 0.2) is 0 Å². The molecule has 0 spiro atoms. The number of carbonyl (C=O) groups is 2. The van der Waals surface area contributed by atoms with Crippen molar-refractivity contribution >= 4 is 11.7 Å². The van der Waals surface area contributed by atoms with E-state index in [9.17, 15) is 22.8 Å². The van der Waals surface area contributed by atoms with Crippen LogP contribution < -0.4 is 5.32 Å². The largest absolute Gasteiger partial charge is 0.416 e. The summed E-state index contributed by atoms with van der Waals surface area (Å²) in [5.74, 6) is -1.46. The molecule has 1 aromatic rings. The Kier molecular flexibility index (Phi) is 4.47. The number of Topliss-reactive ketones (excluding diaryl/α,β-unsaturated/α-hetero) is 1. The van der Waals surface area contributed by atoms with Crippen molar-refractivity contribution in [2.75, 3.05) is 6.54 Å². The molecule has 0 fully saturated rings. The average molecular weight is 259 g/mol. The molecule has 0 bridgehead atoms. The van der Waals surface area contributed by atoms with Crippen molar-refractivity contribution in [1.82, 2.24) is 5.32 Å². The molecule has 0 saturated heterocycles. The summed E-state index contributed by atoms with van der Waals surface area (Å²) in [7, 11) is 0. The van der Waals surface area contributed by atoms with Crippen LogP contribution in [-0.2, 0) is 22.2 Å². The van der Waals surface area contributed by atoms with Crippen molar-refractivity contribution in [2.24, 2.45) is 0 Å². The maximum Gasteiger partial charge on any atom is 0.416 e. The quantitative estimate of drug-likeness (QED) is 0.840. The molecule has 0 heterocycles. The van der Waals surface area contributed by atoms with Crippen molar-refractivity contribution < 1.29 is 22.8 Å². The second-order valence-corrected chi connectivity index (χ2v) is 3.72. The maximum atomic E-state index is 12.6.